The summed E-state index contributed by atoms with van der Waals surface area (Å²) in [5, 5.41) is 2.85. The Hall–Kier alpha value is -2.49. The maximum atomic E-state index is 12.2. The van der Waals surface area contributed by atoms with Gasteiger partial charge in [-0.2, -0.15) is 0 Å². The van der Waals surface area contributed by atoms with Crippen molar-refractivity contribution in [2.45, 2.75) is 40.7 Å². The Morgan fingerprint density at radius 3 is 2.16 bits per heavy atom. The van der Waals surface area contributed by atoms with Crippen molar-refractivity contribution in [2.75, 3.05) is 13.2 Å². The SMILES string of the molecule is Cc1cccc(OCCNC(=O)[C@@H](C)Oc2cccc(C)c2C)c1C. The van der Waals surface area contributed by atoms with Gasteiger partial charge in [0, 0.05) is 0 Å². The van der Waals surface area contributed by atoms with Gasteiger partial charge in [-0.05, 0) is 69.0 Å². The Morgan fingerprint density at radius 1 is 0.960 bits per heavy atom. The van der Waals surface area contributed by atoms with Crippen LogP contribution in [0.4, 0.5) is 0 Å². The molecule has 0 saturated heterocycles. The number of benzene rings is 2. The van der Waals surface area contributed by atoms with Crippen molar-refractivity contribution >= 4 is 5.91 Å². The lowest BCUT2D eigenvalue weighted by Crippen LogP contribution is -2.38. The molecule has 0 fully saturated rings. The summed E-state index contributed by atoms with van der Waals surface area (Å²) in [5.41, 5.74) is 4.52. The number of aryl methyl sites for hydroxylation is 2. The molecule has 0 aliphatic rings. The fourth-order valence-corrected chi connectivity index (χ4v) is 2.46. The number of carbonyl (C=O) groups is 1. The number of hydrogen-bond acceptors (Lipinski definition) is 3. The number of amides is 1. The molecule has 134 valence electrons. The van der Waals surface area contributed by atoms with E-state index in [4.69, 9.17) is 9.47 Å². The summed E-state index contributed by atoms with van der Waals surface area (Å²) in [6, 6.07) is 11.8. The zero-order valence-electron chi connectivity index (χ0n) is 15.7. The zero-order chi connectivity index (χ0) is 18.4. The molecule has 0 unspecified atom stereocenters. The topological polar surface area (TPSA) is 47.6 Å². The molecular formula is C21H27NO3. The summed E-state index contributed by atoms with van der Waals surface area (Å²) in [4.78, 5) is 12.2. The summed E-state index contributed by atoms with van der Waals surface area (Å²) in [6.07, 6.45) is -0.554. The van der Waals surface area contributed by atoms with E-state index in [0.717, 1.165) is 28.2 Å². The highest BCUT2D eigenvalue weighted by atomic mass is 16.5. The second-order valence-corrected chi connectivity index (χ2v) is 6.30. The average molecular weight is 341 g/mol. The minimum atomic E-state index is -0.554. The summed E-state index contributed by atoms with van der Waals surface area (Å²) in [5.74, 6) is 1.45. The minimum absolute atomic E-state index is 0.148. The van der Waals surface area contributed by atoms with E-state index in [-0.39, 0.29) is 5.91 Å². The van der Waals surface area contributed by atoms with E-state index in [1.54, 1.807) is 6.92 Å². The third-order valence-corrected chi connectivity index (χ3v) is 4.44. The van der Waals surface area contributed by atoms with Gasteiger partial charge in [0.05, 0.1) is 6.54 Å². The second kappa shape index (κ2) is 8.56. The zero-order valence-corrected chi connectivity index (χ0v) is 15.7. The molecule has 0 aliphatic carbocycles. The Labute approximate surface area is 150 Å². The van der Waals surface area contributed by atoms with Crippen molar-refractivity contribution in [2.24, 2.45) is 0 Å². The summed E-state index contributed by atoms with van der Waals surface area (Å²) < 4.78 is 11.5. The first kappa shape index (κ1) is 18.8. The number of carbonyl (C=O) groups excluding carboxylic acids is 1. The van der Waals surface area contributed by atoms with E-state index >= 15 is 0 Å². The fourth-order valence-electron chi connectivity index (χ4n) is 2.46. The van der Waals surface area contributed by atoms with E-state index in [1.807, 2.05) is 51.1 Å². The number of nitrogens with one attached hydrogen (secondary N) is 1. The van der Waals surface area contributed by atoms with Gasteiger partial charge in [0.15, 0.2) is 6.10 Å². The van der Waals surface area contributed by atoms with Crippen LogP contribution in [-0.4, -0.2) is 25.2 Å². The van der Waals surface area contributed by atoms with Crippen LogP contribution in [-0.2, 0) is 4.79 Å². The Balaban J connectivity index is 1.80. The normalized spacial score (nSPS) is 11.7. The van der Waals surface area contributed by atoms with E-state index in [0.29, 0.717) is 13.2 Å². The fraction of sp³-hybridized carbons (Fsp3) is 0.381. The summed E-state index contributed by atoms with van der Waals surface area (Å²) in [6.45, 7) is 10.7. The van der Waals surface area contributed by atoms with E-state index in [2.05, 4.69) is 18.3 Å². The quantitative estimate of drug-likeness (QED) is 0.778. The van der Waals surface area contributed by atoms with Crippen molar-refractivity contribution in [1.29, 1.82) is 0 Å². The molecule has 0 radical (unpaired) electrons. The molecule has 0 spiro atoms. The van der Waals surface area contributed by atoms with Crippen LogP contribution in [0, 0.1) is 27.7 Å². The molecule has 1 amide bonds. The highest BCUT2D eigenvalue weighted by Crippen LogP contribution is 2.22. The lowest BCUT2D eigenvalue weighted by atomic mass is 10.1. The highest BCUT2D eigenvalue weighted by molar-refractivity contribution is 5.80. The predicted molar refractivity (Wildman–Crippen MR) is 100 cm³/mol. The summed E-state index contributed by atoms with van der Waals surface area (Å²) in [7, 11) is 0. The van der Waals surface area contributed by atoms with Gasteiger partial charge in [-0.25, -0.2) is 0 Å². The Morgan fingerprint density at radius 2 is 1.52 bits per heavy atom. The largest absolute Gasteiger partial charge is 0.491 e. The maximum Gasteiger partial charge on any atom is 0.260 e. The maximum absolute atomic E-state index is 12.2. The van der Waals surface area contributed by atoms with E-state index in [1.165, 1.54) is 5.56 Å². The molecule has 25 heavy (non-hydrogen) atoms. The molecule has 0 saturated carbocycles. The van der Waals surface area contributed by atoms with Crippen LogP contribution in [0.3, 0.4) is 0 Å². The van der Waals surface area contributed by atoms with Crippen molar-refractivity contribution in [3.63, 3.8) is 0 Å². The first-order valence-electron chi connectivity index (χ1n) is 8.59. The lowest BCUT2D eigenvalue weighted by Gasteiger charge is -2.17. The predicted octanol–water partition coefficient (Wildman–Crippen LogP) is 3.88. The third-order valence-electron chi connectivity index (χ3n) is 4.44. The van der Waals surface area contributed by atoms with Crippen molar-refractivity contribution in [3.8, 4) is 11.5 Å². The van der Waals surface area contributed by atoms with E-state index in [9.17, 15) is 4.79 Å². The minimum Gasteiger partial charge on any atom is -0.491 e. The van der Waals surface area contributed by atoms with Gasteiger partial charge in [-0.3, -0.25) is 4.79 Å². The Kier molecular flexibility index (Phi) is 6.45. The van der Waals surface area contributed by atoms with Gasteiger partial charge in [-0.1, -0.05) is 24.3 Å². The smallest absolute Gasteiger partial charge is 0.260 e. The van der Waals surface area contributed by atoms with Crippen LogP contribution >= 0.6 is 0 Å². The molecule has 2 aromatic rings. The van der Waals surface area contributed by atoms with E-state index < -0.39 is 6.10 Å². The number of ether oxygens (including phenoxy) is 2. The van der Waals surface area contributed by atoms with Gasteiger partial charge in [-0.15, -0.1) is 0 Å². The number of hydrogen-bond donors (Lipinski definition) is 1. The van der Waals surface area contributed by atoms with Gasteiger partial charge >= 0.3 is 0 Å². The Bertz CT molecular complexity index is 740. The first-order chi connectivity index (χ1) is 11.9. The molecule has 0 aliphatic heterocycles. The molecule has 2 aromatic carbocycles. The molecule has 2 rings (SSSR count). The molecule has 4 heteroatoms. The molecule has 1 N–H and O–H groups in total. The third kappa shape index (κ3) is 4.99. The van der Waals surface area contributed by atoms with Crippen LogP contribution in [0.15, 0.2) is 36.4 Å². The van der Waals surface area contributed by atoms with Crippen LogP contribution in [0.25, 0.3) is 0 Å². The molecule has 0 bridgehead atoms. The van der Waals surface area contributed by atoms with Gasteiger partial charge in [0.1, 0.15) is 18.1 Å². The van der Waals surface area contributed by atoms with Crippen molar-refractivity contribution in [3.05, 3.63) is 58.7 Å². The molecule has 0 heterocycles. The van der Waals surface area contributed by atoms with Crippen molar-refractivity contribution < 1.29 is 14.3 Å². The first-order valence-corrected chi connectivity index (χ1v) is 8.59. The lowest BCUT2D eigenvalue weighted by molar-refractivity contribution is -0.127. The van der Waals surface area contributed by atoms with Crippen LogP contribution in [0.2, 0.25) is 0 Å². The monoisotopic (exact) mass is 341 g/mol. The number of rotatable bonds is 7. The second-order valence-electron chi connectivity index (χ2n) is 6.30. The molecule has 4 nitrogen and oxygen atoms in total. The molecule has 1 atom stereocenters. The molecular weight excluding hydrogens is 314 g/mol. The molecule has 0 aromatic heterocycles. The van der Waals surface area contributed by atoms with Gasteiger partial charge < -0.3 is 14.8 Å². The van der Waals surface area contributed by atoms with Gasteiger partial charge in [0.25, 0.3) is 5.91 Å². The average Bonchev–Trinajstić information content (AvgIpc) is 2.59. The standard InChI is InChI=1S/C21H27NO3/c1-14-8-6-10-19(16(14)3)24-13-12-22-21(23)18(5)25-20-11-7-9-15(2)17(20)4/h6-11,18H,12-13H2,1-5H3,(H,22,23)/t18-/m1/s1. The van der Waals surface area contributed by atoms with Crippen LogP contribution in [0.1, 0.15) is 29.2 Å². The van der Waals surface area contributed by atoms with Crippen molar-refractivity contribution in [1.82, 2.24) is 5.32 Å². The summed E-state index contributed by atoms with van der Waals surface area (Å²) >= 11 is 0. The van der Waals surface area contributed by atoms with Crippen LogP contribution < -0.4 is 14.8 Å². The van der Waals surface area contributed by atoms with Gasteiger partial charge in [0.2, 0.25) is 0 Å². The highest BCUT2D eigenvalue weighted by Gasteiger charge is 2.15. The van der Waals surface area contributed by atoms with Crippen LogP contribution in [0.5, 0.6) is 11.5 Å².